The van der Waals surface area contributed by atoms with Crippen molar-refractivity contribution in [2.75, 3.05) is 13.1 Å². The maximum Gasteiger partial charge on any atom is 0.253 e. The third-order valence-corrected chi connectivity index (χ3v) is 4.20. The second kappa shape index (κ2) is 6.27. The Labute approximate surface area is 129 Å². The molecule has 2 aromatic heterocycles. The van der Waals surface area contributed by atoms with Crippen molar-refractivity contribution in [3.63, 3.8) is 0 Å². The standard InChI is InChI=1S/C16H21N5O/c1-10-13(11(2)21-20-10)4-6-19-16(22)15-9-18-8-12-7-17-5-3-14(12)15/h8-9,17H,3-7H2,1-2H3,(H,19,22)(H,20,21). The summed E-state index contributed by atoms with van der Waals surface area (Å²) in [5.74, 6) is -0.0370. The lowest BCUT2D eigenvalue weighted by molar-refractivity contribution is 0.0952. The second-order valence-electron chi connectivity index (χ2n) is 5.67. The van der Waals surface area contributed by atoms with E-state index in [-0.39, 0.29) is 5.91 Å². The average Bonchev–Trinajstić information content (AvgIpc) is 2.86. The highest BCUT2D eigenvalue weighted by Crippen LogP contribution is 2.17. The first-order valence-electron chi connectivity index (χ1n) is 7.62. The summed E-state index contributed by atoms with van der Waals surface area (Å²) in [7, 11) is 0. The molecule has 0 fully saturated rings. The van der Waals surface area contributed by atoms with Gasteiger partial charge < -0.3 is 10.6 Å². The third kappa shape index (κ3) is 2.87. The van der Waals surface area contributed by atoms with Crippen LogP contribution in [-0.4, -0.2) is 34.2 Å². The number of nitrogens with zero attached hydrogens (tertiary/aromatic N) is 2. The zero-order chi connectivity index (χ0) is 15.5. The van der Waals surface area contributed by atoms with E-state index in [1.807, 2.05) is 20.0 Å². The summed E-state index contributed by atoms with van der Waals surface area (Å²) in [4.78, 5) is 16.6. The van der Waals surface area contributed by atoms with Gasteiger partial charge in [0.1, 0.15) is 0 Å². The highest BCUT2D eigenvalue weighted by Gasteiger charge is 2.18. The van der Waals surface area contributed by atoms with Gasteiger partial charge in [0, 0.05) is 31.2 Å². The molecule has 0 spiro atoms. The van der Waals surface area contributed by atoms with Crippen LogP contribution in [0.5, 0.6) is 0 Å². The number of carbonyl (C=O) groups excluding carboxylic acids is 1. The lowest BCUT2D eigenvalue weighted by atomic mass is 9.98. The molecule has 6 heteroatoms. The van der Waals surface area contributed by atoms with Crippen LogP contribution in [0.2, 0.25) is 0 Å². The van der Waals surface area contributed by atoms with E-state index in [2.05, 4.69) is 25.8 Å². The predicted octanol–water partition coefficient (Wildman–Crippen LogP) is 1.04. The van der Waals surface area contributed by atoms with Crippen LogP contribution in [0.3, 0.4) is 0 Å². The molecule has 3 N–H and O–H groups in total. The number of nitrogens with one attached hydrogen (secondary N) is 3. The summed E-state index contributed by atoms with van der Waals surface area (Å²) in [5.41, 5.74) is 6.20. The fourth-order valence-electron chi connectivity index (χ4n) is 2.95. The SMILES string of the molecule is Cc1n[nH]c(C)c1CCNC(=O)c1cncc2c1CCNC2. The van der Waals surface area contributed by atoms with Crippen molar-refractivity contribution < 1.29 is 4.79 Å². The van der Waals surface area contributed by atoms with Crippen molar-refractivity contribution in [3.05, 3.63) is 46.0 Å². The molecule has 0 bridgehead atoms. The number of aryl methyl sites for hydroxylation is 2. The van der Waals surface area contributed by atoms with Crippen molar-refractivity contribution in [1.82, 2.24) is 25.8 Å². The maximum absolute atomic E-state index is 12.4. The summed E-state index contributed by atoms with van der Waals surface area (Å²) >= 11 is 0. The fraction of sp³-hybridized carbons (Fsp3) is 0.438. The van der Waals surface area contributed by atoms with Crippen LogP contribution in [-0.2, 0) is 19.4 Å². The Morgan fingerprint density at radius 1 is 1.36 bits per heavy atom. The van der Waals surface area contributed by atoms with Crippen molar-refractivity contribution >= 4 is 5.91 Å². The molecular formula is C16H21N5O. The molecule has 1 aliphatic heterocycles. The Hall–Kier alpha value is -2.21. The van der Waals surface area contributed by atoms with E-state index in [0.717, 1.165) is 48.4 Å². The zero-order valence-corrected chi connectivity index (χ0v) is 13.0. The molecule has 3 rings (SSSR count). The molecule has 0 atom stereocenters. The smallest absolute Gasteiger partial charge is 0.253 e. The third-order valence-electron chi connectivity index (χ3n) is 4.20. The van der Waals surface area contributed by atoms with Crippen LogP contribution in [0.4, 0.5) is 0 Å². The van der Waals surface area contributed by atoms with Gasteiger partial charge in [0.2, 0.25) is 0 Å². The van der Waals surface area contributed by atoms with Crippen LogP contribution in [0.25, 0.3) is 0 Å². The van der Waals surface area contributed by atoms with Gasteiger partial charge in [0.25, 0.3) is 5.91 Å². The molecule has 0 saturated carbocycles. The number of hydrogen-bond acceptors (Lipinski definition) is 4. The quantitative estimate of drug-likeness (QED) is 0.788. The van der Waals surface area contributed by atoms with Crippen molar-refractivity contribution in [2.45, 2.75) is 33.2 Å². The molecule has 0 radical (unpaired) electrons. The summed E-state index contributed by atoms with van der Waals surface area (Å²) in [6.07, 6.45) is 5.18. The first kappa shape index (κ1) is 14.7. The number of H-pyrrole nitrogens is 1. The van der Waals surface area contributed by atoms with Crippen molar-refractivity contribution in [1.29, 1.82) is 0 Å². The largest absolute Gasteiger partial charge is 0.352 e. The number of pyridine rings is 1. The first-order valence-corrected chi connectivity index (χ1v) is 7.62. The molecule has 6 nitrogen and oxygen atoms in total. The predicted molar refractivity (Wildman–Crippen MR) is 83.7 cm³/mol. The maximum atomic E-state index is 12.4. The number of carbonyl (C=O) groups is 1. The molecule has 1 aliphatic rings. The average molecular weight is 299 g/mol. The monoisotopic (exact) mass is 299 g/mol. The fourth-order valence-corrected chi connectivity index (χ4v) is 2.95. The Morgan fingerprint density at radius 2 is 2.23 bits per heavy atom. The molecule has 2 aromatic rings. The van der Waals surface area contributed by atoms with Gasteiger partial charge >= 0.3 is 0 Å². The highest BCUT2D eigenvalue weighted by molar-refractivity contribution is 5.95. The lowest BCUT2D eigenvalue weighted by Gasteiger charge is -2.19. The number of aromatic nitrogens is 3. The van der Waals surface area contributed by atoms with Crippen LogP contribution >= 0.6 is 0 Å². The van der Waals surface area contributed by atoms with E-state index in [1.54, 1.807) is 6.20 Å². The molecule has 1 amide bonds. The number of hydrogen-bond donors (Lipinski definition) is 3. The molecule has 0 unspecified atom stereocenters. The van der Waals surface area contributed by atoms with E-state index >= 15 is 0 Å². The number of amides is 1. The van der Waals surface area contributed by atoms with Crippen molar-refractivity contribution in [2.24, 2.45) is 0 Å². The minimum absolute atomic E-state index is 0.0370. The van der Waals surface area contributed by atoms with Gasteiger partial charge in [-0.05, 0) is 49.9 Å². The number of aromatic amines is 1. The lowest BCUT2D eigenvalue weighted by Crippen LogP contribution is -2.30. The van der Waals surface area contributed by atoms with Gasteiger partial charge in [-0.15, -0.1) is 0 Å². The van der Waals surface area contributed by atoms with Gasteiger partial charge in [-0.25, -0.2) is 0 Å². The van der Waals surface area contributed by atoms with E-state index in [9.17, 15) is 4.79 Å². The first-order chi connectivity index (χ1) is 10.7. The highest BCUT2D eigenvalue weighted by atomic mass is 16.1. The summed E-state index contributed by atoms with van der Waals surface area (Å²) in [6.45, 7) is 6.27. The van der Waals surface area contributed by atoms with Crippen LogP contribution < -0.4 is 10.6 Å². The molecule has 0 aliphatic carbocycles. The van der Waals surface area contributed by atoms with E-state index in [4.69, 9.17) is 0 Å². The van der Waals surface area contributed by atoms with Gasteiger partial charge in [-0.3, -0.25) is 14.9 Å². The molecule has 3 heterocycles. The van der Waals surface area contributed by atoms with E-state index < -0.39 is 0 Å². The van der Waals surface area contributed by atoms with Crippen molar-refractivity contribution in [3.8, 4) is 0 Å². The van der Waals surface area contributed by atoms with Gasteiger partial charge in [-0.1, -0.05) is 0 Å². The Morgan fingerprint density at radius 3 is 3.00 bits per heavy atom. The molecule has 0 aromatic carbocycles. The van der Waals surface area contributed by atoms with Gasteiger partial charge in [0.15, 0.2) is 0 Å². The molecular weight excluding hydrogens is 278 g/mol. The minimum Gasteiger partial charge on any atom is -0.352 e. The Bertz CT molecular complexity index is 672. The topological polar surface area (TPSA) is 82.7 Å². The van der Waals surface area contributed by atoms with Gasteiger partial charge in [0.05, 0.1) is 11.3 Å². The number of rotatable bonds is 4. The molecule has 22 heavy (non-hydrogen) atoms. The van der Waals surface area contributed by atoms with Crippen LogP contribution in [0.1, 0.15) is 38.4 Å². The number of fused-ring (bicyclic) bond motifs is 1. The normalized spacial score (nSPS) is 13.7. The second-order valence-corrected chi connectivity index (χ2v) is 5.67. The van der Waals surface area contributed by atoms with Gasteiger partial charge in [-0.2, -0.15) is 5.10 Å². The van der Waals surface area contributed by atoms with E-state index in [0.29, 0.717) is 12.1 Å². The van der Waals surface area contributed by atoms with E-state index in [1.165, 1.54) is 5.56 Å². The summed E-state index contributed by atoms with van der Waals surface area (Å²) < 4.78 is 0. The van der Waals surface area contributed by atoms with Crippen LogP contribution in [0, 0.1) is 13.8 Å². The molecule has 0 saturated heterocycles. The zero-order valence-electron chi connectivity index (χ0n) is 13.0. The molecule has 116 valence electrons. The Kier molecular flexibility index (Phi) is 4.20. The Balaban J connectivity index is 1.66. The van der Waals surface area contributed by atoms with Crippen LogP contribution in [0.15, 0.2) is 12.4 Å². The summed E-state index contributed by atoms with van der Waals surface area (Å²) in [5, 5.41) is 13.4. The minimum atomic E-state index is -0.0370. The summed E-state index contributed by atoms with van der Waals surface area (Å²) in [6, 6.07) is 0.